The van der Waals surface area contributed by atoms with E-state index in [2.05, 4.69) is 20.4 Å². The predicted molar refractivity (Wildman–Crippen MR) is 52.5 cm³/mol. The lowest BCUT2D eigenvalue weighted by molar-refractivity contribution is -0.147. The number of hydrogen-bond acceptors (Lipinski definition) is 5. The summed E-state index contributed by atoms with van der Waals surface area (Å²) >= 11 is 0. The minimum atomic E-state index is -0.710. The number of nitrogens with zero attached hydrogens (tertiary/aromatic N) is 5. The highest BCUT2D eigenvalue weighted by Gasteiger charge is 2.34. The second kappa shape index (κ2) is 3.51. The van der Waals surface area contributed by atoms with Crippen LogP contribution in [0.4, 0.5) is 0 Å². The number of likely N-dealkylation sites (tertiary alicyclic amines) is 1. The topological polar surface area (TPSA) is 84.1 Å². The Morgan fingerprint density at radius 1 is 1.44 bits per heavy atom. The summed E-state index contributed by atoms with van der Waals surface area (Å²) in [5, 5.41) is 20.4. The van der Waals surface area contributed by atoms with Crippen LogP contribution >= 0.6 is 0 Å². The van der Waals surface area contributed by atoms with E-state index in [0.29, 0.717) is 25.7 Å². The van der Waals surface area contributed by atoms with Crippen LogP contribution in [-0.4, -0.2) is 49.3 Å². The molecule has 2 heterocycles. The summed E-state index contributed by atoms with van der Waals surface area (Å²) in [5.74, 6) is -0.0744. The number of carboxylic acids is 1. The van der Waals surface area contributed by atoms with Crippen LogP contribution in [0.5, 0.6) is 0 Å². The second-order valence-electron chi connectivity index (χ2n) is 4.50. The quantitative estimate of drug-likeness (QED) is 0.742. The number of hydrogen-bond donors (Lipinski definition) is 1. The van der Waals surface area contributed by atoms with Crippen LogP contribution in [-0.2, 0) is 11.3 Å². The van der Waals surface area contributed by atoms with Crippen molar-refractivity contribution in [1.29, 1.82) is 0 Å². The number of aromatic nitrogens is 4. The summed E-state index contributed by atoms with van der Waals surface area (Å²) in [6, 6.07) is 0.474. The molecule has 1 aromatic rings. The summed E-state index contributed by atoms with van der Waals surface area (Å²) in [4.78, 5) is 12.7. The smallest absolute Gasteiger partial charge is 0.309 e. The Balaban J connectivity index is 1.59. The van der Waals surface area contributed by atoms with Crippen molar-refractivity contribution in [3.05, 3.63) is 5.82 Å². The molecule has 1 saturated heterocycles. The first kappa shape index (κ1) is 9.71. The molecule has 1 aliphatic carbocycles. The first-order chi connectivity index (χ1) is 7.74. The minimum absolute atomic E-state index is 0.217. The fourth-order valence-corrected chi connectivity index (χ4v) is 1.97. The Morgan fingerprint density at radius 3 is 2.81 bits per heavy atom. The van der Waals surface area contributed by atoms with E-state index in [4.69, 9.17) is 5.11 Å². The number of rotatable bonds is 4. The Kier molecular flexibility index (Phi) is 2.13. The van der Waals surface area contributed by atoms with Gasteiger partial charge in [-0.05, 0) is 23.3 Å². The molecule has 0 radical (unpaired) electrons. The van der Waals surface area contributed by atoms with E-state index >= 15 is 0 Å². The molecular formula is C9H13N5O2. The summed E-state index contributed by atoms with van der Waals surface area (Å²) < 4.78 is 1.87. The van der Waals surface area contributed by atoms with Crippen molar-refractivity contribution in [3.63, 3.8) is 0 Å². The summed E-state index contributed by atoms with van der Waals surface area (Å²) in [7, 11) is 0. The molecule has 86 valence electrons. The lowest BCUT2D eigenvalue weighted by Crippen LogP contribution is -2.49. The average Bonchev–Trinajstić information content (AvgIpc) is 2.91. The lowest BCUT2D eigenvalue weighted by Gasteiger charge is -2.35. The van der Waals surface area contributed by atoms with Crippen molar-refractivity contribution >= 4 is 5.97 Å². The molecule has 0 aromatic carbocycles. The predicted octanol–water partition coefficient (Wildman–Crippen LogP) is -0.476. The molecule has 2 aliphatic rings. The van der Waals surface area contributed by atoms with Crippen molar-refractivity contribution < 1.29 is 9.90 Å². The van der Waals surface area contributed by atoms with Gasteiger partial charge in [-0.2, -0.15) is 0 Å². The third-order valence-electron chi connectivity index (χ3n) is 3.13. The molecule has 0 bridgehead atoms. The van der Waals surface area contributed by atoms with E-state index in [-0.39, 0.29) is 5.92 Å². The first-order valence-electron chi connectivity index (χ1n) is 5.46. The van der Waals surface area contributed by atoms with Gasteiger partial charge in [0.2, 0.25) is 0 Å². The monoisotopic (exact) mass is 223 g/mol. The van der Waals surface area contributed by atoms with Crippen LogP contribution < -0.4 is 0 Å². The normalized spacial score (nSPS) is 22.0. The molecule has 1 saturated carbocycles. The van der Waals surface area contributed by atoms with Gasteiger partial charge in [0.15, 0.2) is 5.82 Å². The SMILES string of the molecule is O=C(O)C1CN(Cc2nnnn2C2CC2)C1. The first-order valence-corrected chi connectivity index (χ1v) is 5.46. The molecule has 0 unspecified atom stereocenters. The highest BCUT2D eigenvalue weighted by molar-refractivity contribution is 5.71. The Bertz CT molecular complexity index is 408. The maximum absolute atomic E-state index is 10.6. The number of carbonyl (C=O) groups is 1. The average molecular weight is 223 g/mol. The summed E-state index contributed by atoms with van der Waals surface area (Å²) in [6.07, 6.45) is 2.30. The standard InChI is InChI=1S/C9H13N5O2/c15-9(16)6-3-13(4-6)5-8-10-11-12-14(8)7-1-2-7/h6-7H,1-5H2,(H,15,16). The van der Waals surface area contributed by atoms with Crippen LogP contribution in [0.25, 0.3) is 0 Å². The largest absolute Gasteiger partial charge is 0.481 e. The van der Waals surface area contributed by atoms with Gasteiger partial charge in [0.25, 0.3) is 0 Å². The molecule has 16 heavy (non-hydrogen) atoms. The van der Waals surface area contributed by atoms with Gasteiger partial charge in [0, 0.05) is 13.1 Å². The molecule has 0 spiro atoms. The zero-order valence-corrected chi connectivity index (χ0v) is 8.78. The summed E-state index contributed by atoms with van der Waals surface area (Å²) in [5.41, 5.74) is 0. The van der Waals surface area contributed by atoms with Crippen molar-refractivity contribution in [2.24, 2.45) is 5.92 Å². The maximum atomic E-state index is 10.6. The van der Waals surface area contributed by atoms with Crippen LogP contribution in [0.2, 0.25) is 0 Å². The van der Waals surface area contributed by atoms with Gasteiger partial charge in [-0.15, -0.1) is 5.10 Å². The van der Waals surface area contributed by atoms with Crippen molar-refractivity contribution in [1.82, 2.24) is 25.1 Å². The Hall–Kier alpha value is -1.50. The molecular weight excluding hydrogens is 210 g/mol. The van der Waals surface area contributed by atoms with E-state index in [1.54, 1.807) is 0 Å². The molecule has 7 heteroatoms. The zero-order chi connectivity index (χ0) is 11.1. The van der Waals surface area contributed by atoms with Crippen molar-refractivity contribution in [3.8, 4) is 0 Å². The van der Waals surface area contributed by atoms with E-state index in [0.717, 1.165) is 18.7 Å². The van der Waals surface area contributed by atoms with Gasteiger partial charge in [0.1, 0.15) is 0 Å². The molecule has 3 rings (SSSR count). The highest BCUT2D eigenvalue weighted by Crippen LogP contribution is 2.34. The van der Waals surface area contributed by atoms with Crippen LogP contribution in [0.3, 0.4) is 0 Å². The van der Waals surface area contributed by atoms with E-state index in [9.17, 15) is 4.79 Å². The van der Waals surface area contributed by atoms with E-state index in [1.807, 2.05) is 4.68 Å². The number of tetrazole rings is 1. The third kappa shape index (κ3) is 1.67. The fourth-order valence-electron chi connectivity index (χ4n) is 1.97. The number of aliphatic carboxylic acids is 1. The maximum Gasteiger partial charge on any atom is 0.309 e. The van der Waals surface area contributed by atoms with Gasteiger partial charge in [0.05, 0.1) is 18.5 Å². The van der Waals surface area contributed by atoms with Gasteiger partial charge >= 0.3 is 5.97 Å². The van der Waals surface area contributed by atoms with Crippen LogP contribution in [0, 0.1) is 5.92 Å². The van der Waals surface area contributed by atoms with Crippen LogP contribution in [0.1, 0.15) is 24.7 Å². The molecule has 1 aliphatic heterocycles. The van der Waals surface area contributed by atoms with E-state index < -0.39 is 5.97 Å². The van der Waals surface area contributed by atoms with Gasteiger partial charge in [-0.1, -0.05) is 0 Å². The van der Waals surface area contributed by atoms with Crippen molar-refractivity contribution in [2.45, 2.75) is 25.4 Å². The molecule has 2 fully saturated rings. The Labute approximate surface area is 92.0 Å². The molecule has 1 N–H and O–H groups in total. The minimum Gasteiger partial charge on any atom is -0.481 e. The Morgan fingerprint density at radius 2 is 2.19 bits per heavy atom. The van der Waals surface area contributed by atoms with E-state index in [1.165, 1.54) is 0 Å². The molecule has 7 nitrogen and oxygen atoms in total. The fraction of sp³-hybridized carbons (Fsp3) is 0.778. The second-order valence-corrected chi connectivity index (χ2v) is 4.50. The van der Waals surface area contributed by atoms with Crippen molar-refractivity contribution in [2.75, 3.05) is 13.1 Å². The molecule has 0 amide bonds. The third-order valence-corrected chi connectivity index (χ3v) is 3.13. The molecule has 0 atom stereocenters. The van der Waals surface area contributed by atoms with Gasteiger partial charge in [-0.3, -0.25) is 9.69 Å². The number of carboxylic acid groups (broad SMARTS) is 1. The highest BCUT2D eigenvalue weighted by atomic mass is 16.4. The van der Waals surface area contributed by atoms with Gasteiger partial charge < -0.3 is 5.11 Å². The summed E-state index contributed by atoms with van der Waals surface area (Å²) in [6.45, 7) is 1.87. The lowest BCUT2D eigenvalue weighted by atomic mass is 10.0. The zero-order valence-electron chi connectivity index (χ0n) is 8.78. The molecule has 1 aromatic heterocycles. The van der Waals surface area contributed by atoms with Crippen LogP contribution in [0.15, 0.2) is 0 Å². The van der Waals surface area contributed by atoms with Gasteiger partial charge in [-0.25, -0.2) is 4.68 Å².